The molecular formula is C20H24N2O3. The number of carbonyl (C=O) groups is 1. The molecule has 2 aromatic rings. The Bertz CT molecular complexity index is 741. The van der Waals surface area contributed by atoms with Crippen molar-refractivity contribution in [3.63, 3.8) is 0 Å². The number of hydrazone groups is 1. The van der Waals surface area contributed by atoms with E-state index in [2.05, 4.69) is 36.5 Å². The van der Waals surface area contributed by atoms with Gasteiger partial charge in [-0.25, -0.2) is 5.43 Å². The van der Waals surface area contributed by atoms with Gasteiger partial charge in [0.25, 0.3) is 0 Å². The van der Waals surface area contributed by atoms with Crippen molar-refractivity contribution in [3.8, 4) is 11.5 Å². The van der Waals surface area contributed by atoms with Gasteiger partial charge in [-0.3, -0.25) is 4.79 Å². The topological polar surface area (TPSA) is 59.9 Å². The maximum atomic E-state index is 10.9. The summed E-state index contributed by atoms with van der Waals surface area (Å²) in [5, 5.41) is 3.87. The molecule has 132 valence electrons. The molecule has 0 atom stereocenters. The second-order valence-electron chi connectivity index (χ2n) is 5.67. The molecule has 0 aliphatic carbocycles. The molecule has 1 amide bonds. The zero-order valence-electron chi connectivity index (χ0n) is 14.9. The van der Waals surface area contributed by atoms with Crippen molar-refractivity contribution < 1.29 is 14.3 Å². The molecule has 0 aliphatic heterocycles. The lowest BCUT2D eigenvalue weighted by Gasteiger charge is -2.11. The number of para-hydroxylation sites is 1. The van der Waals surface area contributed by atoms with Gasteiger partial charge in [0.15, 0.2) is 0 Å². The number of ether oxygens (including phenoxy) is 2. The maximum Gasteiger partial charge on any atom is 0.236 e. The van der Waals surface area contributed by atoms with E-state index < -0.39 is 0 Å². The van der Waals surface area contributed by atoms with E-state index in [-0.39, 0.29) is 5.91 Å². The van der Waals surface area contributed by atoms with Crippen molar-refractivity contribution >= 4 is 12.1 Å². The van der Waals surface area contributed by atoms with E-state index in [1.54, 1.807) is 6.21 Å². The number of hydrogen-bond acceptors (Lipinski definition) is 4. The van der Waals surface area contributed by atoms with Gasteiger partial charge in [-0.15, -0.1) is 0 Å². The highest BCUT2D eigenvalue weighted by molar-refractivity contribution is 5.84. The number of aryl methyl sites for hydroxylation is 2. The third kappa shape index (κ3) is 6.30. The summed E-state index contributed by atoms with van der Waals surface area (Å²) in [4.78, 5) is 10.9. The van der Waals surface area contributed by atoms with Crippen molar-refractivity contribution in [2.24, 2.45) is 5.10 Å². The normalized spacial score (nSPS) is 10.7. The number of amides is 1. The van der Waals surface area contributed by atoms with E-state index in [0.717, 1.165) is 17.7 Å². The summed E-state index contributed by atoms with van der Waals surface area (Å²) in [5.74, 6) is 1.34. The number of hydrogen-bond donors (Lipinski definition) is 1. The maximum absolute atomic E-state index is 10.9. The van der Waals surface area contributed by atoms with E-state index in [9.17, 15) is 4.79 Å². The quantitative estimate of drug-likeness (QED) is 0.455. The zero-order chi connectivity index (χ0) is 18.1. The molecule has 0 unspecified atom stereocenters. The predicted octanol–water partition coefficient (Wildman–Crippen LogP) is 3.49. The Morgan fingerprint density at radius 2 is 1.92 bits per heavy atom. The van der Waals surface area contributed by atoms with Crippen LogP contribution < -0.4 is 14.9 Å². The molecule has 0 fully saturated rings. The zero-order valence-corrected chi connectivity index (χ0v) is 14.9. The van der Waals surface area contributed by atoms with Crippen LogP contribution in [0.2, 0.25) is 0 Å². The SMILES string of the molecule is CCc1cc(C)cc(OCCOc2ccccc2/C=N/NC(C)=O)c1. The van der Waals surface area contributed by atoms with Crippen LogP contribution in [0.1, 0.15) is 30.5 Å². The molecule has 2 aromatic carbocycles. The van der Waals surface area contributed by atoms with Gasteiger partial charge in [0, 0.05) is 12.5 Å². The second kappa shape index (κ2) is 9.47. The van der Waals surface area contributed by atoms with Gasteiger partial charge in [0.1, 0.15) is 24.7 Å². The number of nitrogens with zero attached hydrogens (tertiary/aromatic N) is 1. The standard InChI is InChI=1S/C20H24N2O3/c1-4-17-11-15(2)12-19(13-17)24-9-10-25-20-8-6-5-7-18(20)14-21-22-16(3)23/h5-8,11-14H,4,9-10H2,1-3H3,(H,22,23)/b21-14+. The van der Waals surface area contributed by atoms with E-state index in [1.165, 1.54) is 18.1 Å². The lowest BCUT2D eigenvalue weighted by Crippen LogP contribution is -2.13. The molecule has 5 heteroatoms. The van der Waals surface area contributed by atoms with E-state index >= 15 is 0 Å². The first-order valence-electron chi connectivity index (χ1n) is 8.33. The lowest BCUT2D eigenvalue weighted by molar-refractivity contribution is -0.118. The van der Waals surface area contributed by atoms with E-state index in [4.69, 9.17) is 9.47 Å². The van der Waals surface area contributed by atoms with Crippen LogP contribution in [0.25, 0.3) is 0 Å². The molecule has 0 aromatic heterocycles. The molecule has 2 rings (SSSR count). The second-order valence-corrected chi connectivity index (χ2v) is 5.67. The Kier molecular flexibility index (Phi) is 7.01. The highest BCUT2D eigenvalue weighted by atomic mass is 16.5. The third-order valence-electron chi connectivity index (χ3n) is 3.47. The monoisotopic (exact) mass is 340 g/mol. The molecule has 1 N–H and O–H groups in total. The molecule has 0 saturated heterocycles. The summed E-state index contributed by atoms with van der Waals surface area (Å²) in [6.45, 7) is 6.46. The summed E-state index contributed by atoms with van der Waals surface area (Å²) in [5.41, 5.74) is 5.62. The van der Waals surface area contributed by atoms with Gasteiger partial charge in [-0.1, -0.05) is 25.1 Å². The Morgan fingerprint density at radius 1 is 1.16 bits per heavy atom. The average Bonchev–Trinajstić information content (AvgIpc) is 2.59. The van der Waals surface area contributed by atoms with E-state index in [0.29, 0.717) is 19.0 Å². The van der Waals surface area contributed by atoms with Gasteiger partial charge in [0.05, 0.1) is 6.21 Å². The van der Waals surface area contributed by atoms with Gasteiger partial charge < -0.3 is 9.47 Å². The molecule has 0 radical (unpaired) electrons. The summed E-state index contributed by atoms with van der Waals surface area (Å²) in [7, 11) is 0. The highest BCUT2D eigenvalue weighted by Gasteiger charge is 2.02. The minimum Gasteiger partial charge on any atom is -0.490 e. The first-order chi connectivity index (χ1) is 12.1. The van der Waals surface area contributed by atoms with Crippen molar-refractivity contribution in [2.75, 3.05) is 13.2 Å². The molecule has 0 bridgehead atoms. The lowest BCUT2D eigenvalue weighted by atomic mass is 10.1. The molecule has 25 heavy (non-hydrogen) atoms. The molecule has 0 heterocycles. The Balaban J connectivity index is 1.89. The van der Waals surface area contributed by atoms with Crippen molar-refractivity contribution in [3.05, 3.63) is 59.2 Å². The van der Waals surface area contributed by atoms with Crippen molar-refractivity contribution in [1.29, 1.82) is 0 Å². The van der Waals surface area contributed by atoms with Crippen LogP contribution in [-0.4, -0.2) is 25.3 Å². The van der Waals surface area contributed by atoms with Crippen molar-refractivity contribution in [1.82, 2.24) is 5.43 Å². The fraction of sp³-hybridized carbons (Fsp3) is 0.300. The van der Waals surface area contributed by atoms with Crippen molar-refractivity contribution in [2.45, 2.75) is 27.2 Å². The average molecular weight is 340 g/mol. The number of benzene rings is 2. The van der Waals surface area contributed by atoms with Crippen LogP contribution in [0.15, 0.2) is 47.6 Å². The van der Waals surface area contributed by atoms with Gasteiger partial charge >= 0.3 is 0 Å². The molecular weight excluding hydrogens is 316 g/mol. The Hall–Kier alpha value is -2.82. The first-order valence-corrected chi connectivity index (χ1v) is 8.33. The Morgan fingerprint density at radius 3 is 2.68 bits per heavy atom. The van der Waals surface area contributed by atoms with Crippen LogP contribution >= 0.6 is 0 Å². The third-order valence-corrected chi connectivity index (χ3v) is 3.47. The minimum absolute atomic E-state index is 0.215. The minimum atomic E-state index is -0.215. The molecule has 5 nitrogen and oxygen atoms in total. The van der Waals surface area contributed by atoms with Crippen LogP contribution in [0.5, 0.6) is 11.5 Å². The first kappa shape index (κ1) is 18.5. The largest absolute Gasteiger partial charge is 0.490 e. The number of nitrogens with one attached hydrogen (secondary N) is 1. The molecule has 0 spiro atoms. The van der Waals surface area contributed by atoms with Gasteiger partial charge in [0.2, 0.25) is 5.91 Å². The van der Waals surface area contributed by atoms with Gasteiger partial charge in [-0.2, -0.15) is 5.10 Å². The van der Waals surface area contributed by atoms with Crippen LogP contribution in [0.3, 0.4) is 0 Å². The fourth-order valence-electron chi connectivity index (χ4n) is 2.33. The predicted molar refractivity (Wildman–Crippen MR) is 99.4 cm³/mol. The fourth-order valence-corrected chi connectivity index (χ4v) is 2.33. The van der Waals surface area contributed by atoms with Gasteiger partial charge in [-0.05, 0) is 48.7 Å². The number of carbonyl (C=O) groups excluding carboxylic acids is 1. The highest BCUT2D eigenvalue weighted by Crippen LogP contribution is 2.18. The van der Waals surface area contributed by atoms with Crippen LogP contribution in [-0.2, 0) is 11.2 Å². The smallest absolute Gasteiger partial charge is 0.236 e. The van der Waals surface area contributed by atoms with Crippen LogP contribution in [0.4, 0.5) is 0 Å². The number of rotatable bonds is 8. The summed E-state index contributed by atoms with van der Waals surface area (Å²) < 4.78 is 11.6. The molecule has 0 aliphatic rings. The van der Waals surface area contributed by atoms with E-state index in [1.807, 2.05) is 30.3 Å². The summed E-state index contributed by atoms with van der Waals surface area (Å²) in [6.07, 6.45) is 2.54. The summed E-state index contributed by atoms with van der Waals surface area (Å²) in [6, 6.07) is 13.7. The summed E-state index contributed by atoms with van der Waals surface area (Å²) >= 11 is 0. The van der Waals surface area contributed by atoms with Crippen LogP contribution in [0, 0.1) is 6.92 Å². The molecule has 0 saturated carbocycles. The Labute approximate surface area is 148 Å².